The lowest BCUT2D eigenvalue weighted by atomic mass is 10.0. The maximum absolute atomic E-state index is 12.5. The van der Waals surface area contributed by atoms with Crippen LogP contribution >= 0.6 is 0 Å². The minimum absolute atomic E-state index is 0.0695. The zero-order chi connectivity index (χ0) is 18.2. The Morgan fingerprint density at radius 3 is 2.52 bits per heavy atom. The number of amides is 1. The average Bonchev–Trinajstić information content (AvgIpc) is 3.09. The van der Waals surface area contributed by atoms with Crippen LogP contribution in [0.5, 0.6) is 0 Å². The quantitative estimate of drug-likeness (QED) is 0.908. The maximum atomic E-state index is 12.5. The van der Waals surface area contributed by atoms with Crippen LogP contribution in [0.4, 0.5) is 5.82 Å². The topological polar surface area (TPSA) is 81.1 Å². The van der Waals surface area contributed by atoms with Gasteiger partial charge in [-0.25, -0.2) is 13.1 Å². The van der Waals surface area contributed by atoms with Gasteiger partial charge in [0.05, 0.1) is 23.2 Å². The number of carbonyl (C=O) groups excluding carboxylic acids is 1. The molecule has 0 radical (unpaired) electrons. The smallest absolute Gasteiger partial charge is 0.256 e. The number of nitrogens with one attached hydrogen (secondary N) is 1. The third-order valence-electron chi connectivity index (χ3n) is 4.49. The van der Waals surface area contributed by atoms with Gasteiger partial charge in [-0.1, -0.05) is 26.0 Å². The van der Waals surface area contributed by atoms with E-state index in [0.717, 1.165) is 5.69 Å². The molecule has 1 atom stereocenters. The van der Waals surface area contributed by atoms with Crippen LogP contribution in [-0.4, -0.2) is 35.6 Å². The van der Waals surface area contributed by atoms with E-state index in [0.29, 0.717) is 23.7 Å². The van der Waals surface area contributed by atoms with E-state index in [4.69, 9.17) is 0 Å². The van der Waals surface area contributed by atoms with Crippen LogP contribution in [0, 0.1) is 6.92 Å². The Labute approximate surface area is 148 Å². The van der Waals surface area contributed by atoms with Crippen LogP contribution in [-0.2, 0) is 9.84 Å². The number of benzene rings is 1. The third-order valence-corrected chi connectivity index (χ3v) is 6.24. The van der Waals surface area contributed by atoms with Crippen LogP contribution in [0.15, 0.2) is 30.3 Å². The largest absolute Gasteiger partial charge is 0.307 e. The van der Waals surface area contributed by atoms with E-state index in [1.165, 1.54) is 5.56 Å². The molecule has 7 heteroatoms. The van der Waals surface area contributed by atoms with E-state index in [2.05, 4.69) is 24.3 Å². The standard InChI is InChI=1S/C18H23N3O3S/c1-12(2)14-4-6-15(7-5-14)18(22)19-17-10-13(3)20-21(17)16-8-9-25(23,24)11-16/h4-7,10,12,16H,8-9,11H2,1-3H3,(H,19,22). The van der Waals surface area contributed by atoms with Crippen molar-refractivity contribution in [3.63, 3.8) is 0 Å². The molecule has 1 unspecified atom stereocenters. The number of nitrogens with zero attached hydrogens (tertiary/aromatic N) is 2. The van der Waals surface area contributed by atoms with Crippen molar-refractivity contribution in [2.24, 2.45) is 0 Å². The van der Waals surface area contributed by atoms with Gasteiger partial charge in [0, 0.05) is 11.6 Å². The summed E-state index contributed by atoms with van der Waals surface area (Å²) in [5.74, 6) is 0.959. The molecule has 1 N–H and O–H groups in total. The van der Waals surface area contributed by atoms with Gasteiger partial charge in [0.1, 0.15) is 5.82 Å². The molecule has 1 aliphatic rings. The Hall–Kier alpha value is -2.15. The molecule has 6 nitrogen and oxygen atoms in total. The predicted molar refractivity (Wildman–Crippen MR) is 97.8 cm³/mol. The normalized spacial score (nSPS) is 19.3. The predicted octanol–water partition coefficient (Wildman–Crippen LogP) is 2.93. The Bertz CT molecular complexity index is 883. The van der Waals surface area contributed by atoms with Crippen molar-refractivity contribution >= 4 is 21.6 Å². The van der Waals surface area contributed by atoms with E-state index < -0.39 is 9.84 Å². The summed E-state index contributed by atoms with van der Waals surface area (Å²) in [4.78, 5) is 12.5. The van der Waals surface area contributed by atoms with Crippen LogP contribution < -0.4 is 5.32 Å². The zero-order valence-electron chi connectivity index (χ0n) is 14.7. The Balaban J connectivity index is 1.80. The van der Waals surface area contributed by atoms with E-state index in [9.17, 15) is 13.2 Å². The first-order chi connectivity index (χ1) is 11.7. The van der Waals surface area contributed by atoms with Gasteiger partial charge in [0.15, 0.2) is 9.84 Å². The zero-order valence-corrected chi connectivity index (χ0v) is 15.5. The van der Waals surface area contributed by atoms with Crippen LogP contribution in [0.3, 0.4) is 0 Å². The van der Waals surface area contributed by atoms with Gasteiger partial charge in [-0.2, -0.15) is 5.10 Å². The Morgan fingerprint density at radius 2 is 1.96 bits per heavy atom. The summed E-state index contributed by atoms with van der Waals surface area (Å²) < 4.78 is 25.1. The molecule has 0 saturated carbocycles. The monoisotopic (exact) mass is 361 g/mol. The van der Waals surface area contributed by atoms with Crippen LogP contribution in [0.25, 0.3) is 0 Å². The molecule has 0 aliphatic carbocycles. The lowest BCUT2D eigenvalue weighted by Crippen LogP contribution is -2.19. The molecule has 1 aromatic carbocycles. The van der Waals surface area contributed by atoms with Gasteiger partial charge in [-0.15, -0.1) is 0 Å². The van der Waals surface area contributed by atoms with Crippen molar-refractivity contribution in [2.75, 3.05) is 16.8 Å². The first-order valence-corrected chi connectivity index (χ1v) is 10.3. The van der Waals surface area contributed by atoms with E-state index >= 15 is 0 Å². The van der Waals surface area contributed by atoms with Gasteiger partial charge in [-0.05, 0) is 37.0 Å². The average molecular weight is 361 g/mol. The van der Waals surface area contributed by atoms with Crippen molar-refractivity contribution in [1.82, 2.24) is 9.78 Å². The summed E-state index contributed by atoms with van der Waals surface area (Å²) in [5.41, 5.74) is 2.48. The van der Waals surface area contributed by atoms with Crippen molar-refractivity contribution in [3.8, 4) is 0 Å². The van der Waals surface area contributed by atoms with Gasteiger partial charge < -0.3 is 5.32 Å². The van der Waals surface area contributed by atoms with Gasteiger partial charge in [0.25, 0.3) is 5.91 Å². The second-order valence-corrected chi connectivity index (χ2v) is 9.13. The summed E-state index contributed by atoms with van der Waals surface area (Å²) in [7, 11) is -3.02. The van der Waals surface area contributed by atoms with Gasteiger partial charge in [-0.3, -0.25) is 4.79 Å². The number of carbonyl (C=O) groups is 1. The van der Waals surface area contributed by atoms with E-state index in [1.54, 1.807) is 22.9 Å². The second-order valence-electron chi connectivity index (χ2n) is 6.90. The molecule has 0 spiro atoms. The first-order valence-electron chi connectivity index (χ1n) is 8.43. The highest BCUT2D eigenvalue weighted by molar-refractivity contribution is 7.91. The highest BCUT2D eigenvalue weighted by Crippen LogP contribution is 2.27. The summed E-state index contributed by atoms with van der Waals surface area (Å²) in [6.07, 6.45) is 0.523. The molecule has 2 aromatic rings. The number of rotatable bonds is 4. The molecule has 1 fully saturated rings. The first kappa shape index (κ1) is 17.7. The minimum Gasteiger partial charge on any atom is -0.307 e. The summed E-state index contributed by atoms with van der Waals surface area (Å²) >= 11 is 0. The van der Waals surface area contributed by atoms with Crippen molar-refractivity contribution in [1.29, 1.82) is 0 Å². The lowest BCUT2D eigenvalue weighted by Gasteiger charge is -2.14. The second kappa shape index (κ2) is 6.63. The third kappa shape index (κ3) is 3.92. The maximum Gasteiger partial charge on any atom is 0.256 e. The molecule has 134 valence electrons. The van der Waals surface area contributed by atoms with Gasteiger partial charge in [0.2, 0.25) is 0 Å². The molecule has 2 heterocycles. The Kier molecular flexibility index (Phi) is 4.69. The Morgan fingerprint density at radius 1 is 1.28 bits per heavy atom. The molecule has 3 rings (SSSR count). The fraction of sp³-hybridized carbons (Fsp3) is 0.444. The van der Waals surface area contributed by atoms with E-state index in [-0.39, 0.29) is 23.5 Å². The molecule has 0 bridgehead atoms. The molecule has 1 saturated heterocycles. The fourth-order valence-corrected chi connectivity index (χ4v) is 4.76. The van der Waals surface area contributed by atoms with Crippen LogP contribution in [0.2, 0.25) is 0 Å². The van der Waals surface area contributed by atoms with Crippen molar-refractivity contribution < 1.29 is 13.2 Å². The number of aromatic nitrogens is 2. The summed E-state index contributed by atoms with van der Waals surface area (Å²) in [6.45, 7) is 6.03. The van der Waals surface area contributed by atoms with Gasteiger partial charge >= 0.3 is 0 Å². The highest BCUT2D eigenvalue weighted by Gasteiger charge is 2.31. The number of hydrogen-bond acceptors (Lipinski definition) is 4. The highest BCUT2D eigenvalue weighted by atomic mass is 32.2. The van der Waals surface area contributed by atoms with Crippen LogP contribution in [0.1, 0.15) is 53.8 Å². The lowest BCUT2D eigenvalue weighted by molar-refractivity contribution is 0.102. The molecular weight excluding hydrogens is 338 g/mol. The molecular formula is C18H23N3O3S. The number of hydrogen-bond donors (Lipinski definition) is 1. The molecule has 1 aromatic heterocycles. The fourth-order valence-electron chi connectivity index (χ4n) is 3.06. The number of anilines is 1. The molecule has 25 heavy (non-hydrogen) atoms. The minimum atomic E-state index is -3.02. The number of sulfone groups is 1. The molecule has 1 amide bonds. The summed E-state index contributed by atoms with van der Waals surface area (Å²) in [5, 5.41) is 7.25. The van der Waals surface area contributed by atoms with E-state index in [1.807, 2.05) is 19.1 Å². The van der Waals surface area contributed by atoms with Crippen molar-refractivity contribution in [3.05, 3.63) is 47.2 Å². The SMILES string of the molecule is Cc1cc(NC(=O)c2ccc(C(C)C)cc2)n(C2CCS(=O)(=O)C2)n1. The number of aryl methyl sites for hydroxylation is 1. The van der Waals surface area contributed by atoms with Crippen molar-refractivity contribution in [2.45, 2.75) is 39.2 Å². The molecule has 1 aliphatic heterocycles. The summed E-state index contributed by atoms with van der Waals surface area (Å²) in [6, 6.07) is 9.05.